The Hall–Kier alpha value is -1.06. The molecular weight excluding hydrogens is 256 g/mol. The van der Waals surface area contributed by atoms with Crippen LogP contribution in [-0.4, -0.2) is 47.4 Å². The van der Waals surface area contributed by atoms with Crippen molar-refractivity contribution in [3.8, 4) is 0 Å². The fraction of sp³-hybridized carbons (Fsp3) is 0.889. The van der Waals surface area contributed by atoms with Crippen LogP contribution in [0.25, 0.3) is 0 Å². The Morgan fingerprint density at radius 2 is 2.11 bits per heavy atom. The van der Waals surface area contributed by atoms with Gasteiger partial charge in [0.1, 0.15) is 0 Å². The Labute approximate surface area is 107 Å². The number of unbranched alkanes of at least 4 members (excludes halogenated alkanes) is 1. The van der Waals surface area contributed by atoms with Crippen LogP contribution < -0.4 is 10.0 Å². The average Bonchev–Trinajstić information content (AvgIpc) is 2.78. The SMILES string of the molecule is CC(C)NCCCCS(=O)(=O)NCc1nn[nH]n1. The molecule has 9 heteroatoms. The molecule has 0 spiro atoms. The van der Waals surface area contributed by atoms with Crippen LogP contribution in [0.15, 0.2) is 0 Å². The lowest BCUT2D eigenvalue weighted by molar-refractivity contribution is 0.554. The maximum absolute atomic E-state index is 11.6. The molecule has 0 radical (unpaired) electrons. The van der Waals surface area contributed by atoms with Gasteiger partial charge in [-0.1, -0.05) is 19.1 Å². The van der Waals surface area contributed by atoms with Crippen LogP contribution in [0, 0.1) is 0 Å². The number of aromatic amines is 1. The smallest absolute Gasteiger partial charge is 0.212 e. The van der Waals surface area contributed by atoms with Crippen molar-refractivity contribution in [1.29, 1.82) is 0 Å². The molecule has 3 N–H and O–H groups in total. The Kier molecular flexibility index (Phi) is 6.16. The molecule has 0 amide bonds. The van der Waals surface area contributed by atoms with E-state index in [-0.39, 0.29) is 12.3 Å². The summed E-state index contributed by atoms with van der Waals surface area (Å²) < 4.78 is 25.6. The van der Waals surface area contributed by atoms with Crippen molar-refractivity contribution in [2.75, 3.05) is 12.3 Å². The van der Waals surface area contributed by atoms with Gasteiger partial charge in [-0.15, -0.1) is 10.2 Å². The first-order valence-electron chi connectivity index (χ1n) is 5.92. The van der Waals surface area contributed by atoms with Gasteiger partial charge in [-0.05, 0) is 19.4 Å². The Morgan fingerprint density at radius 3 is 2.72 bits per heavy atom. The molecule has 1 heterocycles. The molecule has 0 unspecified atom stereocenters. The minimum atomic E-state index is -3.26. The summed E-state index contributed by atoms with van der Waals surface area (Å²) in [6.45, 7) is 5.02. The predicted molar refractivity (Wildman–Crippen MR) is 67.2 cm³/mol. The van der Waals surface area contributed by atoms with Crippen LogP contribution in [-0.2, 0) is 16.6 Å². The molecule has 0 saturated carbocycles. The molecule has 0 aromatic carbocycles. The normalized spacial score (nSPS) is 12.2. The fourth-order valence-electron chi connectivity index (χ4n) is 1.31. The maximum atomic E-state index is 11.6. The Morgan fingerprint density at radius 1 is 1.33 bits per heavy atom. The molecule has 0 aliphatic carbocycles. The van der Waals surface area contributed by atoms with Crippen molar-refractivity contribution in [2.24, 2.45) is 0 Å². The highest BCUT2D eigenvalue weighted by molar-refractivity contribution is 7.89. The summed E-state index contributed by atoms with van der Waals surface area (Å²) in [5.74, 6) is 0.449. The quantitative estimate of drug-likeness (QED) is 0.519. The summed E-state index contributed by atoms with van der Waals surface area (Å²) in [7, 11) is -3.26. The zero-order valence-electron chi connectivity index (χ0n) is 10.7. The van der Waals surface area contributed by atoms with E-state index in [2.05, 4.69) is 44.5 Å². The second kappa shape index (κ2) is 7.39. The van der Waals surface area contributed by atoms with Gasteiger partial charge < -0.3 is 5.32 Å². The molecular formula is C9H20N6O2S. The van der Waals surface area contributed by atoms with E-state index in [0.29, 0.717) is 18.3 Å². The van der Waals surface area contributed by atoms with E-state index in [4.69, 9.17) is 0 Å². The summed E-state index contributed by atoms with van der Waals surface area (Å²) >= 11 is 0. The summed E-state index contributed by atoms with van der Waals surface area (Å²) in [4.78, 5) is 0. The van der Waals surface area contributed by atoms with E-state index in [0.717, 1.165) is 13.0 Å². The van der Waals surface area contributed by atoms with Crippen molar-refractivity contribution in [3.63, 3.8) is 0 Å². The fourth-order valence-corrected chi connectivity index (χ4v) is 2.39. The third kappa shape index (κ3) is 6.62. The van der Waals surface area contributed by atoms with Gasteiger partial charge in [0.15, 0.2) is 5.82 Å². The molecule has 8 nitrogen and oxygen atoms in total. The highest BCUT2D eigenvalue weighted by Crippen LogP contribution is 1.95. The van der Waals surface area contributed by atoms with Crippen LogP contribution >= 0.6 is 0 Å². The molecule has 0 aliphatic rings. The molecule has 1 aromatic heterocycles. The number of H-pyrrole nitrogens is 1. The first-order chi connectivity index (χ1) is 8.49. The number of sulfonamides is 1. The molecule has 1 aromatic rings. The second-order valence-electron chi connectivity index (χ2n) is 4.28. The Balaban J connectivity index is 2.15. The molecule has 0 fully saturated rings. The third-order valence-corrected chi connectivity index (χ3v) is 3.64. The number of hydrogen-bond acceptors (Lipinski definition) is 6. The predicted octanol–water partition coefficient (Wildman–Crippen LogP) is -0.603. The van der Waals surface area contributed by atoms with Gasteiger partial charge in [0.25, 0.3) is 0 Å². The molecule has 0 bridgehead atoms. The van der Waals surface area contributed by atoms with Gasteiger partial charge in [0.2, 0.25) is 10.0 Å². The number of rotatable bonds is 9. The summed E-state index contributed by atoms with van der Waals surface area (Å²) in [6.07, 6.45) is 1.46. The molecule has 0 aliphatic heterocycles. The lowest BCUT2D eigenvalue weighted by atomic mass is 10.3. The standard InChI is InChI=1S/C9H20N6O2S/c1-8(2)10-5-3-4-6-18(16,17)11-7-9-12-14-15-13-9/h8,10-11H,3-7H2,1-2H3,(H,12,13,14,15). The topological polar surface area (TPSA) is 113 Å². The van der Waals surface area contributed by atoms with Crippen molar-refractivity contribution in [2.45, 2.75) is 39.3 Å². The Bertz CT molecular complexity index is 416. The van der Waals surface area contributed by atoms with Gasteiger partial charge >= 0.3 is 0 Å². The average molecular weight is 276 g/mol. The van der Waals surface area contributed by atoms with E-state index in [1.54, 1.807) is 0 Å². The lowest BCUT2D eigenvalue weighted by Crippen LogP contribution is -2.28. The largest absolute Gasteiger partial charge is 0.315 e. The van der Waals surface area contributed by atoms with Gasteiger partial charge in [-0.25, -0.2) is 13.1 Å². The van der Waals surface area contributed by atoms with Crippen molar-refractivity contribution in [1.82, 2.24) is 30.7 Å². The van der Waals surface area contributed by atoms with E-state index in [1.165, 1.54) is 0 Å². The zero-order chi connectivity index (χ0) is 13.4. The minimum absolute atomic E-state index is 0.0725. The summed E-state index contributed by atoms with van der Waals surface area (Å²) in [5, 5.41) is 16.2. The van der Waals surface area contributed by atoms with Crippen LogP contribution in [0.3, 0.4) is 0 Å². The molecule has 1 rings (SSSR count). The van der Waals surface area contributed by atoms with Crippen LogP contribution in [0.5, 0.6) is 0 Å². The number of nitrogens with zero attached hydrogens (tertiary/aromatic N) is 3. The number of hydrogen-bond donors (Lipinski definition) is 3. The van der Waals surface area contributed by atoms with Gasteiger partial charge in [0, 0.05) is 6.04 Å². The van der Waals surface area contributed by atoms with Crippen LogP contribution in [0.2, 0.25) is 0 Å². The number of tetrazole rings is 1. The maximum Gasteiger partial charge on any atom is 0.212 e. The van der Waals surface area contributed by atoms with Crippen LogP contribution in [0.4, 0.5) is 0 Å². The molecule has 18 heavy (non-hydrogen) atoms. The molecule has 0 atom stereocenters. The van der Waals surface area contributed by atoms with Crippen LogP contribution in [0.1, 0.15) is 32.5 Å². The minimum Gasteiger partial charge on any atom is -0.315 e. The summed E-state index contributed by atoms with van der Waals surface area (Å²) in [5.41, 5.74) is 0. The first-order valence-corrected chi connectivity index (χ1v) is 7.58. The number of aromatic nitrogens is 4. The zero-order valence-corrected chi connectivity index (χ0v) is 11.5. The lowest BCUT2D eigenvalue weighted by Gasteiger charge is -2.08. The highest BCUT2D eigenvalue weighted by Gasteiger charge is 2.10. The van der Waals surface area contributed by atoms with Gasteiger partial charge in [0.05, 0.1) is 12.3 Å². The van der Waals surface area contributed by atoms with Crippen molar-refractivity contribution >= 4 is 10.0 Å². The monoisotopic (exact) mass is 276 g/mol. The van der Waals surface area contributed by atoms with E-state index in [9.17, 15) is 8.42 Å². The van der Waals surface area contributed by atoms with E-state index in [1.807, 2.05) is 0 Å². The first kappa shape index (κ1) is 15.0. The van der Waals surface area contributed by atoms with E-state index < -0.39 is 10.0 Å². The third-order valence-electron chi connectivity index (χ3n) is 2.23. The highest BCUT2D eigenvalue weighted by atomic mass is 32.2. The number of nitrogens with one attached hydrogen (secondary N) is 3. The van der Waals surface area contributed by atoms with Gasteiger partial charge in [-0.3, -0.25) is 0 Å². The van der Waals surface area contributed by atoms with E-state index >= 15 is 0 Å². The van der Waals surface area contributed by atoms with Crippen molar-refractivity contribution in [3.05, 3.63) is 5.82 Å². The second-order valence-corrected chi connectivity index (χ2v) is 6.21. The molecule has 0 saturated heterocycles. The molecule has 104 valence electrons. The summed E-state index contributed by atoms with van der Waals surface area (Å²) in [6, 6.07) is 0.429. The van der Waals surface area contributed by atoms with Crippen molar-refractivity contribution < 1.29 is 8.42 Å². The van der Waals surface area contributed by atoms with Gasteiger partial charge in [-0.2, -0.15) is 5.21 Å².